The third-order valence-electron chi connectivity index (χ3n) is 3.62. The van der Waals surface area contributed by atoms with Gasteiger partial charge in [-0.15, -0.1) is 11.3 Å². The fourth-order valence-electron chi connectivity index (χ4n) is 2.32. The summed E-state index contributed by atoms with van der Waals surface area (Å²) in [5.74, 6) is 0.708. The van der Waals surface area contributed by atoms with E-state index in [0.717, 1.165) is 17.0 Å². The molecule has 0 atom stereocenters. The van der Waals surface area contributed by atoms with Crippen molar-refractivity contribution >= 4 is 17.2 Å². The summed E-state index contributed by atoms with van der Waals surface area (Å²) in [4.78, 5) is 13.2. The second-order valence-corrected chi connectivity index (χ2v) is 6.40. The number of carbonyl (C=O) groups excluding carboxylic acids is 1. The molecule has 4 heteroatoms. The highest BCUT2D eigenvalue weighted by Gasteiger charge is 2.06. The van der Waals surface area contributed by atoms with Crippen LogP contribution in [-0.2, 0) is 13.0 Å². The van der Waals surface area contributed by atoms with Gasteiger partial charge in [-0.2, -0.15) is 0 Å². The van der Waals surface area contributed by atoms with Gasteiger partial charge in [-0.05, 0) is 41.3 Å². The Morgan fingerprint density at radius 2 is 1.75 bits per heavy atom. The summed E-state index contributed by atoms with van der Waals surface area (Å²) < 4.78 is 5.73. The number of ether oxygens (including phenoxy) is 1. The Hall–Kier alpha value is -2.59. The number of amides is 1. The van der Waals surface area contributed by atoms with Gasteiger partial charge in [0, 0.05) is 16.9 Å². The van der Waals surface area contributed by atoms with E-state index in [4.69, 9.17) is 4.74 Å². The third-order valence-corrected chi connectivity index (χ3v) is 4.50. The van der Waals surface area contributed by atoms with Crippen molar-refractivity contribution in [3.8, 4) is 5.75 Å². The van der Waals surface area contributed by atoms with Gasteiger partial charge in [-0.25, -0.2) is 0 Å². The van der Waals surface area contributed by atoms with Crippen LogP contribution in [0.2, 0.25) is 0 Å². The minimum Gasteiger partial charge on any atom is -0.493 e. The van der Waals surface area contributed by atoms with Crippen molar-refractivity contribution < 1.29 is 9.53 Å². The average Bonchev–Trinajstić information content (AvgIpc) is 3.15. The standard InChI is InChI=1S/C20H19NO2S/c22-20(21-15-19-7-4-14-24-19)17-8-10-18(11-9-17)23-13-12-16-5-2-1-3-6-16/h1-11,14H,12-13,15H2,(H,21,22). The molecule has 122 valence electrons. The molecule has 24 heavy (non-hydrogen) atoms. The Kier molecular flexibility index (Phi) is 5.64. The molecular formula is C20H19NO2S. The van der Waals surface area contributed by atoms with Crippen LogP contribution < -0.4 is 10.1 Å². The molecule has 0 aliphatic rings. The van der Waals surface area contributed by atoms with Gasteiger partial charge in [-0.1, -0.05) is 36.4 Å². The molecule has 3 nitrogen and oxygen atoms in total. The van der Waals surface area contributed by atoms with E-state index >= 15 is 0 Å². The van der Waals surface area contributed by atoms with Crippen molar-refractivity contribution in [1.29, 1.82) is 0 Å². The monoisotopic (exact) mass is 337 g/mol. The topological polar surface area (TPSA) is 38.3 Å². The van der Waals surface area contributed by atoms with Crippen molar-refractivity contribution in [2.75, 3.05) is 6.61 Å². The van der Waals surface area contributed by atoms with Crippen molar-refractivity contribution in [3.63, 3.8) is 0 Å². The van der Waals surface area contributed by atoms with Gasteiger partial charge >= 0.3 is 0 Å². The second-order valence-electron chi connectivity index (χ2n) is 5.37. The molecule has 1 heterocycles. The molecule has 0 saturated carbocycles. The Morgan fingerprint density at radius 3 is 2.46 bits per heavy atom. The number of thiophene rings is 1. The molecule has 1 N–H and O–H groups in total. The molecule has 0 spiro atoms. The van der Waals surface area contributed by atoms with E-state index in [1.54, 1.807) is 23.5 Å². The first-order valence-electron chi connectivity index (χ1n) is 7.88. The van der Waals surface area contributed by atoms with E-state index in [0.29, 0.717) is 18.7 Å². The predicted molar refractivity (Wildman–Crippen MR) is 97.6 cm³/mol. The van der Waals surface area contributed by atoms with Crippen LogP contribution in [0.15, 0.2) is 72.1 Å². The van der Waals surface area contributed by atoms with Gasteiger partial charge in [-0.3, -0.25) is 4.79 Å². The van der Waals surface area contributed by atoms with Gasteiger partial charge in [0.05, 0.1) is 13.2 Å². The Labute approximate surface area is 145 Å². The normalized spacial score (nSPS) is 10.3. The van der Waals surface area contributed by atoms with Crippen molar-refractivity contribution in [3.05, 3.63) is 88.1 Å². The van der Waals surface area contributed by atoms with E-state index in [2.05, 4.69) is 17.4 Å². The van der Waals surface area contributed by atoms with Crippen LogP contribution in [0.3, 0.4) is 0 Å². The molecule has 2 aromatic carbocycles. The van der Waals surface area contributed by atoms with Crippen molar-refractivity contribution in [2.45, 2.75) is 13.0 Å². The Morgan fingerprint density at radius 1 is 0.958 bits per heavy atom. The molecule has 0 radical (unpaired) electrons. The quantitative estimate of drug-likeness (QED) is 0.698. The first-order valence-corrected chi connectivity index (χ1v) is 8.76. The molecule has 0 fully saturated rings. The lowest BCUT2D eigenvalue weighted by Gasteiger charge is -2.08. The van der Waals surface area contributed by atoms with E-state index in [-0.39, 0.29) is 5.91 Å². The first kappa shape index (κ1) is 16.3. The fraction of sp³-hybridized carbons (Fsp3) is 0.150. The van der Waals surface area contributed by atoms with Crippen LogP contribution in [0.1, 0.15) is 20.8 Å². The average molecular weight is 337 g/mol. The van der Waals surface area contributed by atoms with E-state index < -0.39 is 0 Å². The summed E-state index contributed by atoms with van der Waals surface area (Å²) in [6.45, 7) is 1.18. The van der Waals surface area contributed by atoms with Crippen LogP contribution >= 0.6 is 11.3 Å². The van der Waals surface area contributed by atoms with Crippen LogP contribution in [0.5, 0.6) is 5.75 Å². The van der Waals surface area contributed by atoms with Gasteiger partial charge in [0.2, 0.25) is 0 Å². The fourth-order valence-corrected chi connectivity index (χ4v) is 2.96. The van der Waals surface area contributed by atoms with Crippen LogP contribution in [0.25, 0.3) is 0 Å². The van der Waals surface area contributed by atoms with Gasteiger partial charge < -0.3 is 10.1 Å². The molecule has 3 aromatic rings. The lowest BCUT2D eigenvalue weighted by atomic mass is 10.2. The highest BCUT2D eigenvalue weighted by atomic mass is 32.1. The smallest absolute Gasteiger partial charge is 0.251 e. The predicted octanol–water partition coefficient (Wildman–Crippen LogP) is 4.30. The number of carbonyl (C=O) groups is 1. The first-order chi connectivity index (χ1) is 11.8. The lowest BCUT2D eigenvalue weighted by Crippen LogP contribution is -2.22. The van der Waals surface area contributed by atoms with Gasteiger partial charge in [0.1, 0.15) is 5.75 Å². The summed E-state index contributed by atoms with van der Waals surface area (Å²) in [6, 6.07) is 21.5. The van der Waals surface area contributed by atoms with Crippen LogP contribution in [0.4, 0.5) is 0 Å². The molecule has 0 saturated heterocycles. The van der Waals surface area contributed by atoms with Crippen molar-refractivity contribution in [2.24, 2.45) is 0 Å². The number of rotatable bonds is 7. The Bertz CT molecular complexity index is 752. The molecule has 0 unspecified atom stereocenters. The molecular weight excluding hydrogens is 318 g/mol. The second kappa shape index (κ2) is 8.31. The van der Waals surface area contributed by atoms with Gasteiger partial charge in [0.15, 0.2) is 0 Å². The molecule has 0 aliphatic carbocycles. The molecule has 0 aliphatic heterocycles. The zero-order valence-corrected chi connectivity index (χ0v) is 14.1. The minimum atomic E-state index is -0.0702. The maximum Gasteiger partial charge on any atom is 0.251 e. The maximum atomic E-state index is 12.1. The summed E-state index contributed by atoms with van der Waals surface area (Å²) in [5, 5.41) is 4.92. The zero-order chi connectivity index (χ0) is 16.6. The number of hydrogen-bond donors (Lipinski definition) is 1. The highest BCUT2D eigenvalue weighted by molar-refractivity contribution is 7.09. The lowest BCUT2D eigenvalue weighted by molar-refractivity contribution is 0.0951. The largest absolute Gasteiger partial charge is 0.493 e. The zero-order valence-electron chi connectivity index (χ0n) is 13.3. The van der Waals surface area contributed by atoms with Crippen molar-refractivity contribution in [1.82, 2.24) is 5.32 Å². The molecule has 1 aromatic heterocycles. The number of nitrogens with one attached hydrogen (secondary N) is 1. The van der Waals surface area contributed by atoms with Crippen LogP contribution in [-0.4, -0.2) is 12.5 Å². The maximum absolute atomic E-state index is 12.1. The minimum absolute atomic E-state index is 0.0702. The van der Waals surface area contributed by atoms with Crippen LogP contribution in [0, 0.1) is 0 Å². The molecule has 3 rings (SSSR count). The highest BCUT2D eigenvalue weighted by Crippen LogP contribution is 2.13. The summed E-state index contributed by atoms with van der Waals surface area (Å²) >= 11 is 1.64. The molecule has 0 bridgehead atoms. The number of benzene rings is 2. The SMILES string of the molecule is O=C(NCc1cccs1)c1ccc(OCCc2ccccc2)cc1. The van der Waals surface area contributed by atoms with E-state index in [9.17, 15) is 4.79 Å². The van der Waals surface area contributed by atoms with E-state index in [1.165, 1.54) is 5.56 Å². The van der Waals surface area contributed by atoms with E-state index in [1.807, 2.05) is 47.8 Å². The number of hydrogen-bond acceptors (Lipinski definition) is 3. The third kappa shape index (κ3) is 4.70. The summed E-state index contributed by atoms with van der Waals surface area (Å²) in [7, 11) is 0. The molecule has 1 amide bonds. The Balaban J connectivity index is 1.46. The summed E-state index contributed by atoms with van der Waals surface area (Å²) in [6.07, 6.45) is 0.865. The summed E-state index contributed by atoms with van der Waals surface area (Å²) in [5.41, 5.74) is 1.89. The van der Waals surface area contributed by atoms with Gasteiger partial charge in [0.25, 0.3) is 5.91 Å².